The second-order valence-corrected chi connectivity index (χ2v) is 3.54. The molecule has 0 heterocycles. The molecule has 0 spiro atoms. The van der Waals surface area contributed by atoms with Crippen LogP contribution in [0.5, 0.6) is 0 Å². The van der Waals surface area contributed by atoms with Gasteiger partial charge in [-0.1, -0.05) is 19.9 Å². The van der Waals surface area contributed by atoms with Gasteiger partial charge in [-0.05, 0) is 30.0 Å². The molecule has 0 nitrogen and oxygen atoms in total. The molecule has 0 amide bonds. The molecule has 1 atom stereocenters. The lowest BCUT2D eigenvalue weighted by molar-refractivity contribution is -0.137. The summed E-state index contributed by atoms with van der Waals surface area (Å²) in [5.41, 5.74) is -0.599. The van der Waals surface area contributed by atoms with E-state index in [1.807, 2.05) is 6.92 Å². The van der Waals surface area contributed by atoms with Gasteiger partial charge in [0.2, 0.25) is 0 Å². The quantitative estimate of drug-likeness (QED) is 0.649. The Hall–Kier alpha value is -1.06. The molecule has 15 heavy (non-hydrogen) atoms. The van der Waals surface area contributed by atoms with Gasteiger partial charge in [0.15, 0.2) is 0 Å². The first-order valence-electron chi connectivity index (χ1n) is 4.73. The Labute approximate surface area is 85.9 Å². The van der Waals surface area contributed by atoms with Crippen molar-refractivity contribution in [2.75, 3.05) is 0 Å². The lowest BCUT2D eigenvalue weighted by Gasteiger charge is -2.12. The smallest absolute Gasteiger partial charge is 0.207 e. The molecule has 0 bridgehead atoms. The van der Waals surface area contributed by atoms with Crippen molar-refractivity contribution in [2.24, 2.45) is 0 Å². The highest BCUT2D eigenvalue weighted by atomic mass is 19.4. The molecular formula is C11H12F4. The van der Waals surface area contributed by atoms with Crippen LogP contribution in [0.4, 0.5) is 17.6 Å². The number of rotatable bonds is 2. The molecule has 0 N–H and O–H groups in total. The molecule has 0 saturated heterocycles. The van der Waals surface area contributed by atoms with Gasteiger partial charge in [-0.25, -0.2) is 4.39 Å². The average Bonchev–Trinajstić information content (AvgIpc) is 2.15. The predicted molar refractivity (Wildman–Crippen MR) is 50.1 cm³/mol. The molecule has 1 rings (SSSR count). The van der Waals surface area contributed by atoms with Crippen LogP contribution in [0.2, 0.25) is 0 Å². The van der Waals surface area contributed by atoms with E-state index in [4.69, 9.17) is 0 Å². The van der Waals surface area contributed by atoms with Crippen molar-refractivity contribution in [1.29, 1.82) is 0 Å². The molecule has 4 heteroatoms. The van der Waals surface area contributed by atoms with E-state index in [9.17, 15) is 17.6 Å². The fourth-order valence-corrected chi connectivity index (χ4v) is 1.32. The fraction of sp³-hybridized carbons (Fsp3) is 0.455. The van der Waals surface area contributed by atoms with E-state index < -0.39 is 17.6 Å². The highest BCUT2D eigenvalue weighted by Crippen LogP contribution is 2.32. The van der Waals surface area contributed by atoms with Crippen molar-refractivity contribution >= 4 is 0 Å². The van der Waals surface area contributed by atoms with Crippen LogP contribution < -0.4 is 0 Å². The number of hydrogen-bond donors (Lipinski definition) is 0. The maximum atomic E-state index is 13.3. The van der Waals surface area contributed by atoms with Crippen LogP contribution in [0.15, 0.2) is 18.2 Å². The fourth-order valence-electron chi connectivity index (χ4n) is 1.32. The van der Waals surface area contributed by atoms with Gasteiger partial charge in [0, 0.05) is 0 Å². The van der Waals surface area contributed by atoms with Crippen LogP contribution in [0.1, 0.15) is 37.3 Å². The first-order valence-corrected chi connectivity index (χ1v) is 4.73. The Morgan fingerprint density at radius 3 is 2.27 bits per heavy atom. The molecule has 0 aliphatic heterocycles. The molecule has 84 valence electrons. The zero-order valence-electron chi connectivity index (χ0n) is 8.53. The highest BCUT2D eigenvalue weighted by Gasteiger charge is 2.31. The molecule has 1 aromatic rings. The Morgan fingerprint density at radius 1 is 1.27 bits per heavy atom. The van der Waals surface area contributed by atoms with Gasteiger partial charge < -0.3 is 0 Å². The second-order valence-electron chi connectivity index (χ2n) is 3.54. The standard InChI is InChI=1S/C11H12F4/c1-3-7(2)9-5-4-8(6-10(9)12)11(13,14)15/h4-7H,3H2,1-2H3. The topological polar surface area (TPSA) is 0 Å². The Kier molecular flexibility index (Phi) is 3.37. The first kappa shape index (κ1) is 12.0. The van der Waals surface area contributed by atoms with Crippen LogP contribution in [-0.2, 0) is 6.18 Å². The van der Waals surface area contributed by atoms with Gasteiger partial charge in [0.25, 0.3) is 0 Å². The van der Waals surface area contributed by atoms with Crippen molar-refractivity contribution < 1.29 is 17.6 Å². The molecular weight excluding hydrogens is 208 g/mol. The maximum absolute atomic E-state index is 13.3. The largest absolute Gasteiger partial charge is 0.416 e. The SMILES string of the molecule is CCC(C)c1ccc(C(F)(F)F)cc1F. The molecule has 0 radical (unpaired) electrons. The van der Waals surface area contributed by atoms with Crippen LogP contribution in [0.3, 0.4) is 0 Å². The van der Waals surface area contributed by atoms with Crippen LogP contribution in [0, 0.1) is 5.82 Å². The highest BCUT2D eigenvalue weighted by molar-refractivity contribution is 5.28. The lowest BCUT2D eigenvalue weighted by atomic mass is 9.97. The van der Waals surface area contributed by atoms with Gasteiger partial charge >= 0.3 is 6.18 Å². The van der Waals surface area contributed by atoms with Gasteiger partial charge in [-0.3, -0.25) is 0 Å². The van der Waals surface area contributed by atoms with Crippen molar-refractivity contribution in [3.05, 3.63) is 35.1 Å². The summed E-state index contributed by atoms with van der Waals surface area (Å²) in [4.78, 5) is 0. The third-order valence-corrected chi connectivity index (χ3v) is 2.47. The van der Waals surface area contributed by atoms with E-state index in [2.05, 4.69) is 0 Å². The van der Waals surface area contributed by atoms with E-state index in [0.717, 1.165) is 6.07 Å². The molecule has 0 fully saturated rings. The van der Waals surface area contributed by atoms with Gasteiger partial charge in [-0.15, -0.1) is 0 Å². The number of hydrogen-bond acceptors (Lipinski definition) is 0. The third-order valence-electron chi connectivity index (χ3n) is 2.47. The average molecular weight is 220 g/mol. The van der Waals surface area contributed by atoms with Crippen molar-refractivity contribution in [1.82, 2.24) is 0 Å². The van der Waals surface area contributed by atoms with E-state index in [1.54, 1.807) is 6.92 Å². The van der Waals surface area contributed by atoms with E-state index in [-0.39, 0.29) is 5.92 Å². The second kappa shape index (κ2) is 4.21. The van der Waals surface area contributed by atoms with Gasteiger partial charge in [0.1, 0.15) is 5.82 Å². The molecule has 1 aromatic carbocycles. The predicted octanol–water partition coefficient (Wildman–Crippen LogP) is 4.36. The zero-order valence-corrected chi connectivity index (χ0v) is 8.53. The normalized spacial score (nSPS) is 14.0. The number of halogens is 4. The van der Waals surface area contributed by atoms with Gasteiger partial charge in [0.05, 0.1) is 5.56 Å². The van der Waals surface area contributed by atoms with Crippen LogP contribution in [-0.4, -0.2) is 0 Å². The summed E-state index contributed by atoms with van der Waals surface area (Å²) >= 11 is 0. The monoisotopic (exact) mass is 220 g/mol. The van der Waals surface area contributed by atoms with E-state index >= 15 is 0 Å². The number of alkyl halides is 3. The summed E-state index contributed by atoms with van der Waals surface area (Å²) in [6.07, 6.45) is -3.78. The van der Waals surface area contributed by atoms with Crippen LogP contribution in [0.25, 0.3) is 0 Å². The lowest BCUT2D eigenvalue weighted by Crippen LogP contribution is -2.07. The molecule has 1 unspecified atom stereocenters. The summed E-state index contributed by atoms with van der Waals surface area (Å²) in [7, 11) is 0. The van der Waals surface area contributed by atoms with E-state index in [0.29, 0.717) is 18.1 Å². The minimum Gasteiger partial charge on any atom is -0.207 e. The summed E-state index contributed by atoms with van der Waals surface area (Å²) in [6.45, 7) is 3.65. The molecule has 0 aromatic heterocycles. The third kappa shape index (κ3) is 2.70. The minimum absolute atomic E-state index is 0.0627. The zero-order chi connectivity index (χ0) is 11.6. The first-order chi connectivity index (χ1) is 6.86. The number of benzene rings is 1. The van der Waals surface area contributed by atoms with Crippen molar-refractivity contribution in [3.8, 4) is 0 Å². The van der Waals surface area contributed by atoms with Crippen molar-refractivity contribution in [2.45, 2.75) is 32.4 Å². The molecule has 0 saturated carbocycles. The minimum atomic E-state index is -4.48. The molecule has 0 aliphatic rings. The van der Waals surface area contributed by atoms with E-state index in [1.165, 1.54) is 6.07 Å². The summed E-state index contributed by atoms with van der Waals surface area (Å²) < 4.78 is 50.0. The Bertz CT molecular complexity index is 341. The summed E-state index contributed by atoms with van der Waals surface area (Å²) in [6, 6.07) is 2.69. The summed E-state index contributed by atoms with van der Waals surface area (Å²) in [5, 5.41) is 0. The summed E-state index contributed by atoms with van der Waals surface area (Å²) in [5.74, 6) is -0.841. The van der Waals surface area contributed by atoms with Crippen molar-refractivity contribution in [3.63, 3.8) is 0 Å². The Morgan fingerprint density at radius 2 is 1.87 bits per heavy atom. The Balaban J connectivity index is 3.09. The molecule has 0 aliphatic carbocycles. The van der Waals surface area contributed by atoms with Crippen LogP contribution >= 0.6 is 0 Å². The maximum Gasteiger partial charge on any atom is 0.416 e. The van der Waals surface area contributed by atoms with Gasteiger partial charge in [-0.2, -0.15) is 13.2 Å².